The van der Waals surface area contributed by atoms with Gasteiger partial charge in [-0.05, 0) is 51.2 Å². The molecule has 120 valence electrons. The van der Waals surface area contributed by atoms with E-state index in [1.165, 1.54) is 31.3 Å². The average Bonchev–Trinajstić information content (AvgIpc) is 2.55. The minimum Gasteiger partial charge on any atom is -0.496 e. The van der Waals surface area contributed by atoms with Crippen LogP contribution >= 0.6 is 0 Å². The first-order valence-corrected chi connectivity index (χ1v) is 7.85. The van der Waals surface area contributed by atoms with Crippen LogP contribution in [0, 0.1) is 6.92 Å². The zero-order valence-corrected chi connectivity index (χ0v) is 13.7. The van der Waals surface area contributed by atoms with Crippen molar-refractivity contribution in [2.75, 3.05) is 20.8 Å². The smallest absolute Gasteiger partial charge is 0.255 e. The molecule has 1 aliphatic rings. The van der Waals surface area contributed by atoms with Gasteiger partial charge in [0, 0.05) is 12.1 Å². The molecule has 0 radical (unpaired) electrons. The van der Waals surface area contributed by atoms with Crippen molar-refractivity contribution in [2.24, 2.45) is 0 Å². The van der Waals surface area contributed by atoms with Crippen LogP contribution in [-0.2, 0) is 0 Å². The summed E-state index contributed by atoms with van der Waals surface area (Å²) in [6, 6.07) is 3.55. The molecule has 0 atom stereocenters. The summed E-state index contributed by atoms with van der Waals surface area (Å²) in [7, 11) is 3.19. The van der Waals surface area contributed by atoms with Gasteiger partial charge in [-0.25, -0.2) is 0 Å². The van der Waals surface area contributed by atoms with Crippen LogP contribution in [-0.4, -0.2) is 26.7 Å². The number of methoxy groups -OCH3 is 2. The van der Waals surface area contributed by atoms with Crippen molar-refractivity contribution in [3.63, 3.8) is 0 Å². The molecule has 0 bridgehead atoms. The summed E-state index contributed by atoms with van der Waals surface area (Å²) in [6.07, 6.45) is 8.15. The number of amides is 1. The number of hydrogen-bond acceptors (Lipinski definition) is 3. The van der Waals surface area contributed by atoms with Gasteiger partial charge in [-0.15, -0.1) is 0 Å². The highest BCUT2D eigenvalue weighted by atomic mass is 16.5. The lowest BCUT2D eigenvalue weighted by Gasteiger charge is -2.15. The number of benzene rings is 1. The molecule has 0 saturated heterocycles. The van der Waals surface area contributed by atoms with E-state index in [4.69, 9.17) is 9.47 Å². The second-order valence-corrected chi connectivity index (χ2v) is 5.59. The predicted octanol–water partition coefficient (Wildman–Crippen LogP) is 3.63. The van der Waals surface area contributed by atoms with Crippen molar-refractivity contribution in [3.05, 3.63) is 34.9 Å². The predicted molar refractivity (Wildman–Crippen MR) is 87.8 cm³/mol. The van der Waals surface area contributed by atoms with E-state index in [0.29, 0.717) is 17.9 Å². The minimum absolute atomic E-state index is 0.0981. The number of allylic oxidation sites excluding steroid dienone is 1. The molecule has 0 aliphatic heterocycles. The van der Waals surface area contributed by atoms with Gasteiger partial charge in [0.1, 0.15) is 11.5 Å². The molecule has 2 rings (SSSR count). The third kappa shape index (κ3) is 3.81. The van der Waals surface area contributed by atoms with Crippen molar-refractivity contribution >= 4 is 5.91 Å². The van der Waals surface area contributed by atoms with Crippen LogP contribution in [0.1, 0.15) is 48.0 Å². The summed E-state index contributed by atoms with van der Waals surface area (Å²) in [6.45, 7) is 2.56. The maximum Gasteiger partial charge on any atom is 0.255 e. The van der Waals surface area contributed by atoms with Gasteiger partial charge >= 0.3 is 0 Å². The number of ether oxygens (including phenoxy) is 2. The summed E-state index contributed by atoms with van der Waals surface area (Å²) in [5.41, 5.74) is 2.86. The lowest BCUT2D eigenvalue weighted by molar-refractivity contribution is 0.0951. The highest BCUT2D eigenvalue weighted by Gasteiger charge is 2.17. The molecule has 0 aromatic heterocycles. The Bertz CT molecular complexity index is 564. The fourth-order valence-corrected chi connectivity index (χ4v) is 2.90. The lowest BCUT2D eigenvalue weighted by Crippen LogP contribution is -2.25. The van der Waals surface area contributed by atoms with E-state index in [1.807, 2.05) is 6.92 Å². The maximum absolute atomic E-state index is 12.4. The van der Waals surface area contributed by atoms with Gasteiger partial charge in [0.25, 0.3) is 5.91 Å². The molecule has 22 heavy (non-hydrogen) atoms. The van der Waals surface area contributed by atoms with Crippen LogP contribution in [0.25, 0.3) is 0 Å². The van der Waals surface area contributed by atoms with E-state index in [0.717, 1.165) is 17.7 Å². The van der Waals surface area contributed by atoms with E-state index in [1.54, 1.807) is 26.4 Å². The quantitative estimate of drug-likeness (QED) is 0.816. The second-order valence-electron chi connectivity index (χ2n) is 5.59. The highest BCUT2D eigenvalue weighted by Crippen LogP contribution is 2.31. The van der Waals surface area contributed by atoms with Crippen LogP contribution in [0.5, 0.6) is 11.5 Å². The first kappa shape index (κ1) is 16.4. The van der Waals surface area contributed by atoms with E-state index >= 15 is 0 Å². The van der Waals surface area contributed by atoms with E-state index in [9.17, 15) is 4.79 Å². The fraction of sp³-hybridized carbons (Fsp3) is 0.500. The third-order valence-electron chi connectivity index (χ3n) is 4.14. The van der Waals surface area contributed by atoms with Gasteiger partial charge in [0.05, 0.1) is 19.8 Å². The summed E-state index contributed by atoms with van der Waals surface area (Å²) in [5, 5.41) is 2.99. The normalized spacial score (nSPS) is 14.2. The molecule has 0 unspecified atom stereocenters. The topological polar surface area (TPSA) is 47.6 Å². The Balaban J connectivity index is 2.00. The summed E-state index contributed by atoms with van der Waals surface area (Å²) in [5.74, 6) is 1.20. The van der Waals surface area contributed by atoms with Crippen LogP contribution in [0.4, 0.5) is 0 Å². The summed E-state index contributed by atoms with van der Waals surface area (Å²) in [4.78, 5) is 12.4. The summed E-state index contributed by atoms with van der Waals surface area (Å²) < 4.78 is 10.6. The standard InChI is InChI=1S/C18H25NO3/c1-13-16(21-2)10-9-15(17(13)22-3)18(20)19-12-11-14-7-5-4-6-8-14/h7,9-10H,4-6,8,11-12H2,1-3H3,(H,19,20). The van der Waals surface area contributed by atoms with Gasteiger partial charge in [-0.2, -0.15) is 0 Å². The van der Waals surface area contributed by atoms with Crippen molar-refractivity contribution in [3.8, 4) is 11.5 Å². The monoisotopic (exact) mass is 303 g/mol. The first-order chi connectivity index (χ1) is 10.7. The number of hydrogen-bond donors (Lipinski definition) is 1. The molecule has 4 heteroatoms. The van der Waals surface area contributed by atoms with Gasteiger partial charge in [-0.3, -0.25) is 4.79 Å². The van der Waals surface area contributed by atoms with Gasteiger partial charge < -0.3 is 14.8 Å². The molecule has 0 spiro atoms. The molecule has 0 saturated carbocycles. The molecule has 0 heterocycles. The Morgan fingerprint density at radius 2 is 2.05 bits per heavy atom. The Hall–Kier alpha value is -1.97. The first-order valence-electron chi connectivity index (χ1n) is 7.85. The molecule has 1 aromatic carbocycles. The molecule has 1 amide bonds. The Morgan fingerprint density at radius 3 is 2.68 bits per heavy atom. The van der Waals surface area contributed by atoms with Gasteiger partial charge in [0.2, 0.25) is 0 Å². The minimum atomic E-state index is -0.0981. The van der Waals surface area contributed by atoms with E-state index < -0.39 is 0 Å². The number of carbonyl (C=O) groups excluding carboxylic acids is 1. The Morgan fingerprint density at radius 1 is 1.23 bits per heavy atom. The van der Waals surface area contributed by atoms with Crippen molar-refractivity contribution < 1.29 is 14.3 Å². The number of carbonyl (C=O) groups is 1. The van der Waals surface area contributed by atoms with Crippen molar-refractivity contribution in [2.45, 2.75) is 39.0 Å². The van der Waals surface area contributed by atoms with Crippen molar-refractivity contribution in [1.82, 2.24) is 5.32 Å². The molecule has 1 N–H and O–H groups in total. The number of rotatable bonds is 6. The van der Waals surface area contributed by atoms with Crippen LogP contribution < -0.4 is 14.8 Å². The largest absolute Gasteiger partial charge is 0.496 e. The third-order valence-corrected chi connectivity index (χ3v) is 4.14. The molecule has 1 aliphatic carbocycles. The van der Waals surface area contributed by atoms with E-state index in [2.05, 4.69) is 11.4 Å². The molecular formula is C18H25NO3. The van der Waals surface area contributed by atoms with Crippen molar-refractivity contribution in [1.29, 1.82) is 0 Å². The van der Waals surface area contributed by atoms with Gasteiger partial charge in [0.15, 0.2) is 0 Å². The molecule has 1 aromatic rings. The zero-order chi connectivity index (χ0) is 15.9. The highest BCUT2D eigenvalue weighted by molar-refractivity contribution is 5.97. The molecular weight excluding hydrogens is 278 g/mol. The summed E-state index contributed by atoms with van der Waals surface area (Å²) >= 11 is 0. The number of nitrogens with one attached hydrogen (secondary N) is 1. The maximum atomic E-state index is 12.4. The Labute approximate surface area is 132 Å². The van der Waals surface area contributed by atoms with Crippen LogP contribution in [0.3, 0.4) is 0 Å². The second kappa shape index (κ2) is 7.87. The molecule has 4 nitrogen and oxygen atoms in total. The van der Waals surface area contributed by atoms with Crippen LogP contribution in [0.2, 0.25) is 0 Å². The van der Waals surface area contributed by atoms with Gasteiger partial charge in [-0.1, -0.05) is 11.6 Å². The lowest BCUT2D eigenvalue weighted by atomic mass is 9.97. The van der Waals surface area contributed by atoms with Crippen LogP contribution in [0.15, 0.2) is 23.8 Å². The average molecular weight is 303 g/mol. The Kier molecular flexibility index (Phi) is 5.87. The SMILES string of the molecule is COc1ccc(C(=O)NCCC2=CCCCC2)c(OC)c1C. The molecule has 0 fully saturated rings. The van der Waals surface area contributed by atoms with E-state index in [-0.39, 0.29) is 5.91 Å². The zero-order valence-electron chi connectivity index (χ0n) is 13.7. The fourth-order valence-electron chi connectivity index (χ4n) is 2.90.